The Balaban J connectivity index is 1.88. The molecule has 0 unspecified atom stereocenters. The summed E-state index contributed by atoms with van der Waals surface area (Å²) < 4.78 is 5.00. The number of hydrogen-bond donors (Lipinski definition) is 1. The van der Waals surface area contributed by atoms with E-state index in [1.54, 1.807) is 12.1 Å². The Morgan fingerprint density at radius 1 is 1.25 bits per heavy atom. The van der Waals surface area contributed by atoms with Crippen molar-refractivity contribution in [3.63, 3.8) is 0 Å². The molecule has 1 atom stereocenters. The first-order valence-electron chi connectivity index (χ1n) is 7.57. The molecular weight excluding hydrogens is 355 g/mol. The predicted molar refractivity (Wildman–Crippen MR) is 89.7 cm³/mol. The molecule has 0 aliphatic carbocycles. The molecule has 1 fully saturated rings. The van der Waals surface area contributed by atoms with Crippen LogP contribution in [0.4, 0.5) is 0 Å². The molecule has 1 aliphatic rings. The quantitative estimate of drug-likeness (QED) is 0.799. The van der Waals surface area contributed by atoms with Gasteiger partial charge in [0.1, 0.15) is 6.04 Å². The average Bonchev–Trinajstić information content (AvgIpc) is 2.55. The molecule has 0 saturated carbocycles. The average molecular weight is 373 g/mol. The van der Waals surface area contributed by atoms with Crippen LogP contribution in [0.5, 0.6) is 0 Å². The van der Waals surface area contributed by atoms with E-state index >= 15 is 0 Å². The SMILES string of the molecule is NC(=O)[C@@H]1CCCCN1C(=O)COC(=O)Cc1ccc(Cl)cc1Cl. The van der Waals surface area contributed by atoms with Crippen molar-refractivity contribution in [1.82, 2.24) is 4.90 Å². The second-order valence-corrected chi connectivity index (χ2v) is 6.42. The van der Waals surface area contributed by atoms with E-state index in [1.165, 1.54) is 11.0 Å². The molecule has 8 heteroatoms. The topological polar surface area (TPSA) is 89.7 Å². The van der Waals surface area contributed by atoms with Crippen LogP contribution in [-0.2, 0) is 25.5 Å². The molecule has 24 heavy (non-hydrogen) atoms. The lowest BCUT2D eigenvalue weighted by molar-refractivity contribution is -0.154. The number of benzene rings is 1. The number of carbonyl (C=O) groups is 3. The van der Waals surface area contributed by atoms with Gasteiger partial charge in [-0.15, -0.1) is 0 Å². The molecule has 1 saturated heterocycles. The predicted octanol–water partition coefficient (Wildman–Crippen LogP) is 1.95. The molecule has 1 aromatic rings. The van der Waals surface area contributed by atoms with E-state index < -0.39 is 30.4 Å². The van der Waals surface area contributed by atoms with E-state index in [2.05, 4.69) is 0 Å². The number of halogens is 2. The van der Waals surface area contributed by atoms with Crippen molar-refractivity contribution in [1.29, 1.82) is 0 Å². The lowest BCUT2D eigenvalue weighted by Gasteiger charge is -2.33. The van der Waals surface area contributed by atoms with Crippen molar-refractivity contribution in [3.8, 4) is 0 Å². The normalized spacial score (nSPS) is 17.4. The van der Waals surface area contributed by atoms with Crippen LogP contribution in [0.1, 0.15) is 24.8 Å². The highest BCUT2D eigenvalue weighted by Crippen LogP contribution is 2.22. The van der Waals surface area contributed by atoms with Crippen LogP contribution >= 0.6 is 23.2 Å². The number of primary amides is 1. The summed E-state index contributed by atoms with van der Waals surface area (Å²) >= 11 is 11.8. The molecule has 1 aromatic carbocycles. The molecule has 0 spiro atoms. The Kier molecular flexibility index (Phi) is 6.45. The standard InChI is InChI=1S/C16H18Cl2N2O4/c17-11-5-4-10(12(18)8-11)7-15(22)24-9-14(21)20-6-2-1-3-13(20)16(19)23/h4-5,8,13H,1-3,6-7,9H2,(H2,19,23)/t13-/m0/s1. The summed E-state index contributed by atoms with van der Waals surface area (Å²) in [6.45, 7) is 0.0147. The van der Waals surface area contributed by atoms with Gasteiger partial charge >= 0.3 is 5.97 Å². The van der Waals surface area contributed by atoms with Crippen molar-refractivity contribution < 1.29 is 19.1 Å². The monoisotopic (exact) mass is 372 g/mol. The zero-order chi connectivity index (χ0) is 17.7. The van der Waals surface area contributed by atoms with Crippen LogP contribution in [0.3, 0.4) is 0 Å². The summed E-state index contributed by atoms with van der Waals surface area (Å²) in [6, 6.07) is 4.14. The second-order valence-electron chi connectivity index (χ2n) is 5.57. The highest BCUT2D eigenvalue weighted by atomic mass is 35.5. The third-order valence-corrected chi connectivity index (χ3v) is 4.45. The van der Waals surface area contributed by atoms with Crippen LogP contribution in [-0.4, -0.2) is 41.9 Å². The van der Waals surface area contributed by atoms with Gasteiger partial charge in [0.25, 0.3) is 5.91 Å². The molecule has 0 aromatic heterocycles. The molecule has 0 radical (unpaired) electrons. The van der Waals surface area contributed by atoms with E-state index in [0.717, 1.165) is 12.8 Å². The van der Waals surface area contributed by atoms with Crippen LogP contribution in [0.15, 0.2) is 18.2 Å². The summed E-state index contributed by atoms with van der Waals surface area (Å²) in [5, 5.41) is 0.825. The number of nitrogens with zero attached hydrogens (tertiary/aromatic N) is 1. The van der Waals surface area contributed by atoms with Gasteiger partial charge in [-0.3, -0.25) is 14.4 Å². The van der Waals surface area contributed by atoms with Crippen molar-refractivity contribution in [2.75, 3.05) is 13.2 Å². The first-order valence-corrected chi connectivity index (χ1v) is 8.32. The van der Waals surface area contributed by atoms with Crippen LogP contribution in [0, 0.1) is 0 Å². The summed E-state index contributed by atoms with van der Waals surface area (Å²) in [5.41, 5.74) is 5.88. The van der Waals surface area contributed by atoms with E-state index in [-0.39, 0.29) is 6.42 Å². The molecule has 2 N–H and O–H groups in total. The first-order chi connectivity index (χ1) is 11.4. The number of likely N-dealkylation sites (tertiary alicyclic amines) is 1. The van der Waals surface area contributed by atoms with Gasteiger partial charge in [0.2, 0.25) is 5.91 Å². The summed E-state index contributed by atoms with van der Waals surface area (Å²) in [5.74, 6) is -1.54. The van der Waals surface area contributed by atoms with Crippen molar-refractivity contribution in [3.05, 3.63) is 33.8 Å². The Labute approximate surface area is 149 Å². The van der Waals surface area contributed by atoms with Crippen LogP contribution in [0.25, 0.3) is 0 Å². The molecule has 2 rings (SSSR count). The van der Waals surface area contributed by atoms with Gasteiger partial charge in [-0.1, -0.05) is 29.3 Å². The summed E-state index contributed by atoms with van der Waals surface area (Å²) in [4.78, 5) is 36.8. The van der Waals surface area contributed by atoms with E-state index in [0.29, 0.717) is 28.6 Å². The van der Waals surface area contributed by atoms with E-state index in [9.17, 15) is 14.4 Å². The number of carbonyl (C=O) groups excluding carboxylic acids is 3. The molecular formula is C16H18Cl2N2O4. The van der Waals surface area contributed by atoms with Gasteiger partial charge in [0, 0.05) is 16.6 Å². The fourth-order valence-electron chi connectivity index (χ4n) is 2.62. The Bertz CT molecular complexity index is 651. The minimum absolute atomic E-state index is 0.0669. The minimum Gasteiger partial charge on any atom is -0.455 e. The van der Waals surface area contributed by atoms with Crippen molar-refractivity contribution >= 4 is 41.0 Å². The molecule has 6 nitrogen and oxygen atoms in total. The van der Waals surface area contributed by atoms with Crippen molar-refractivity contribution in [2.45, 2.75) is 31.7 Å². The largest absolute Gasteiger partial charge is 0.455 e. The maximum Gasteiger partial charge on any atom is 0.310 e. The summed E-state index contributed by atoms with van der Waals surface area (Å²) in [7, 11) is 0. The fourth-order valence-corrected chi connectivity index (χ4v) is 3.10. The number of hydrogen-bond acceptors (Lipinski definition) is 4. The number of amides is 2. The lowest BCUT2D eigenvalue weighted by Crippen LogP contribution is -2.51. The highest BCUT2D eigenvalue weighted by Gasteiger charge is 2.30. The number of piperidine rings is 1. The van der Waals surface area contributed by atoms with Gasteiger partial charge in [-0.2, -0.15) is 0 Å². The van der Waals surface area contributed by atoms with Crippen LogP contribution < -0.4 is 5.73 Å². The molecule has 0 bridgehead atoms. The smallest absolute Gasteiger partial charge is 0.310 e. The number of ether oxygens (including phenoxy) is 1. The maximum atomic E-state index is 12.2. The number of nitrogens with two attached hydrogens (primary N) is 1. The molecule has 2 amide bonds. The second kappa shape index (κ2) is 8.35. The number of esters is 1. The summed E-state index contributed by atoms with van der Waals surface area (Å²) in [6.07, 6.45) is 2.11. The Morgan fingerprint density at radius 3 is 2.67 bits per heavy atom. The van der Waals surface area contributed by atoms with Gasteiger partial charge in [-0.25, -0.2) is 0 Å². The zero-order valence-electron chi connectivity index (χ0n) is 13.0. The molecule has 130 valence electrons. The highest BCUT2D eigenvalue weighted by molar-refractivity contribution is 6.35. The Hall–Kier alpha value is -1.79. The van der Waals surface area contributed by atoms with Gasteiger partial charge < -0.3 is 15.4 Å². The molecule has 1 heterocycles. The fraction of sp³-hybridized carbons (Fsp3) is 0.438. The number of rotatable bonds is 5. The zero-order valence-corrected chi connectivity index (χ0v) is 14.5. The van der Waals surface area contributed by atoms with E-state index in [1.807, 2.05) is 0 Å². The first kappa shape index (κ1) is 18.5. The third-order valence-electron chi connectivity index (χ3n) is 3.86. The van der Waals surface area contributed by atoms with Gasteiger partial charge in [0.15, 0.2) is 6.61 Å². The molecule has 1 aliphatic heterocycles. The minimum atomic E-state index is -0.629. The maximum absolute atomic E-state index is 12.2. The van der Waals surface area contributed by atoms with Crippen LogP contribution in [0.2, 0.25) is 10.0 Å². The van der Waals surface area contributed by atoms with Gasteiger partial charge in [0.05, 0.1) is 6.42 Å². The van der Waals surface area contributed by atoms with Gasteiger partial charge in [-0.05, 0) is 37.0 Å². The lowest BCUT2D eigenvalue weighted by atomic mass is 10.0. The van der Waals surface area contributed by atoms with Crippen molar-refractivity contribution in [2.24, 2.45) is 5.73 Å². The van der Waals surface area contributed by atoms with E-state index in [4.69, 9.17) is 33.7 Å². The Morgan fingerprint density at radius 2 is 2.00 bits per heavy atom. The third kappa shape index (κ3) is 4.85.